The Morgan fingerprint density at radius 1 is 0.263 bits per heavy atom. The zero-order valence-corrected chi connectivity index (χ0v) is 52.8. The maximum absolute atomic E-state index is 12.9. The number of carbonyl (C=O) groups excluding carboxylic acids is 3. The van der Waals surface area contributed by atoms with Gasteiger partial charge in [0.1, 0.15) is 13.2 Å². The van der Waals surface area contributed by atoms with Crippen molar-refractivity contribution in [3.05, 3.63) is 97.2 Å². The van der Waals surface area contributed by atoms with Gasteiger partial charge >= 0.3 is 17.9 Å². The molecule has 0 aliphatic rings. The number of esters is 3. The summed E-state index contributed by atoms with van der Waals surface area (Å²) in [4.78, 5) is 38.4. The van der Waals surface area contributed by atoms with E-state index in [2.05, 4.69) is 118 Å². The first kappa shape index (κ1) is 76.3. The molecule has 1 unspecified atom stereocenters. The van der Waals surface area contributed by atoms with E-state index < -0.39 is 6.10 Å². The monoisotopic (exact) mass is 1110 g/mol. The van der Waals surface area contributed by atoms with Crippen molar-refractivity contribution in [2.45, 2.75) is 341 Å². The summed E-state index contributed by atoms with van der Waals surface area (Å²) < 4.78 is 16.9. The van der Waals surface area contributed by atoms with Crippen LogP contribution in [0, 0.1) is 0 Å². The number of unbranched alkanes of at least 4 members (excludes halogenated alkanes) is 35. The fourth-order valence-corrected chi connectivity index (χ4v) is 9.78. The Hall–Kier alpha value is -3.67. The summed E-state index contributed by atoms with van der Waals surface area (Å²) in [5.41, 5.74) is 0. The van der Waals surface area contributed by atoms with Crippen molar-refractivity contribution in [2.24, 2.45) is 0 Å². The molecule has 0 aromatic rings. The standard InChI is InChI=1S/C74H128O6/c1-4-7-10-13-16-19-22-25-28-30-32-34-35-36-37-38-39-40-42-43-46-49-52-55-58-61-64-67-73(76)79-70-71(69-78-72(75)66-63-60-57-54-51-48-45-27-24-21-18-15-12-9-6-3)80-74(77)68-65-62-59-56-53-50-47-44-41-33-31-29-26-23-20-17-14-11-8-5-2/h7,9-10,12,16,18-19,21,25,27-28,32,34,45,51,54,71H,4-6,8,11,13-15,17,20,22-24,26,29-31,33,35-44,46-50,52-53,55-70H2,1-3H3/b10-7-,12-9-,19-16-,21-18-,28-25-,34-32-,45-27-,54-51-. The van der Waals surface area contributed by atoms with E-state index in [4.69, 9.17) is 14.2 Å². The first-order valence-electron chi connectivity index (χ1n) is 34.2. The topological polar surface area (TPSA) is 78.9 Å². The molecule has 0 aromatic heterocycles. The number of rotatable bonds is 62. The number of hydrogen-bond acceptors (Lipinski definition) is 6. The predicted octanol–water partition coefficient (Wildman–Crippen LogP) is 23.6. The fraction of sp³-hybridized carbons (Fsp3) is 0.743. The number of allylic oxidation sites excluding steroid dienone is 16. The number of hydrogen-bond donors (Lipinski definition) is 0. The van der Waals surface area contributed by atoms with Gasteiger partial charge in [-0.2, -0.15) is 0 Å². The van der Waals surface area contributed by atoms with Gasteiger partial charge in [-0.25, -0.2) is 0 Å². The van der Waals surface area contributed by atoms with Crippen LogP contribution in [0.3, 0.4) is 0 Å². The van der Waals surface area contributed by atoms with Gasteiger partial charge in [0, 0.05) is 19.3 Å². The molecule has 0 aliphatic heterocycles. The normalized spacial score (nSPS) is 12.7. The zero-order chi connectivity index (χ0) is 57.8. The highest BCUT2D eigenvalue weighted by Gasteiger charge is 2.19. The SMILES string of the molecule is CC/C=C\C/C=C\C/C=C\C/C=C\CCCCCCCCCCCCCCCCC(=O)OCC(COC(=O)CCCC/C=C\C/C=C\C/C=C\C/C=C\CC)OC(=O)CCCCCCCCCCCCCCCCCCCCCC. The smallest absolute Gasteiger partial charge is 0.306 e. The van der Waals surface area contributed by atoms with Crippen LogP contribution in [0.25, 0.3) is 0 Å². The molecule has 0 aliphatic carbocycles. The fourth-order valence-electron chi connectivity index (χ4n) is 9.78. The minimum atomic E-state index is -0.795. The van der Waals surface area contributed by atoms with Crippen LogP contribution in [0.1, 0.15) is 335 Å². The Kier molecular flexibility index (Phi) is 64.7. The van der Waals surface area contributed by atoms with Gasteiger partial charge in [0.15, 0.2) is 6.10 Å². The molecular formula is C74H128O6. The van der Waals surface area contributed by atoms with Gasteiger partial charge in [0.05, 0.1) is 0 Å². The van der Waals surface area contributed by atoms with Crippen molar-refractivity contribution in [1.82, 2.24) is 0 Å². The molecule has 0 aromatic carbocycles. The van der Waals surface area contributed by atoms with Crippen LogP contribution < -0.4 is 0 Å². The van der Waals surface area contributed by atoms with E-state index in [0.29, 0.717) is 19.3 Å². The van der Waals surface area contributed by atoms with E-state index in [1.165, 1.54) is 186 Å². The third-order valence-electron chi connectivity index (χ3n) is 14.8. The number of carbonyl (C=O) groups is 3. The van der Waals surface area contributed by atoms with Crippen molar-refractivity contribution < 1.29 is 28.6 Å². The van der Waals surface area contributed by atoms with Gasteiger partial charge in [0.2, 0.25) is 0 Å². The maximum Gasteiger partial charge on any atom is 0.306 e. The summed E-state index contributed by atoms with van der Waals surface area (Å²) in [7, 11) is 0. The van der Waals surface area contributed by atoms with Gasteiger partial charge in [-0.3, -0.25) is 14.4 Å². The van der Waals surface area contributed by atoms with Crippen molar-refractivity contribution in [1.29, 1.82) is 0 Å². The molecule has 0 radical (unpaired) electrons. The molecule has 0 rings (SSSR count). The first-order valence-corrected chi connectivity index (χ1v) is 34.2. The first-order chi connectivity index (χ1) is 39.5. The molecule has 0 N–H and O–H groups in total. The van der Waals surface area contributed by atoms with Crippen LogP contribution in [0.2, 0.25) is 0 Å². The van der Waals surface area contributed by atoms with Crippen LogP contribution >= 0.6 is 0 Å². The maximum atomic E-state index is 12.9. The van der Waals surface area contributed by atoms with Crippen LogP contribution in [-0.4, -0.2) is 37.2 Å². The van der Waals surface area contributed by atoms with Crippen LogP contribution in [-0.2, 0) is 28.6 Å². The van der Waals surface area contributed by atoms with Crippen molar-refractivity contribution in [2.75, 3.05) is 13.2 Å². The summed E-state index contributed by atoms with van der Waals surface area (Å²) in [5.74, 6) is -0.914. The highest BCUT2D eigenvalue weighted by atomic mass is 16.6. The van der Waals surface area contributed by atoms with E-state index in [-0.39, 0.29) is 31.1 Å². The largest absolute Gasteiger partial charge is 0.462 e. The highest BCUT2D eigenvalue weighted by Crippen LogP contribution is 2.18. The number of ether oxygens (including phenoxy) is 3. The summed E-state index contributed by atoms with van der Waals surface area (Å²) >= 11 is 0. The van der Waals surface area contributed by atoms with Gasteiger partial charge < -0.3 is 14.2 Å². The summed E-state index contributed by atoms with van der Waals surface area (Å²) in [6.45, 7) is 6.42. The van der Waals surface area contributed by atoms with E-state index in [0.717, 1.165) is 109 Å². The van der Waals surface area contributed by atoms with E-state index in [1.807, 2.05) is 0 Å². The van der Waals surface area contributed by atoms with Gasteiger partial charge in [0.25, 0.3) is 0 Å². The summed E-state index contributed by atoms with van der Waals surface area (Å²) in [5, 5.41) is 0. The second kappa shape index (κ2) is 67.8. The van der Waals surface area contributed by atoms with Crippen LogP contribution in [0.5, 0.6) is 0 Å². The molecule has 0 heterocycles. The molecule has 0 bridgehead atoms. The lowest BCUT2D eigenvalue weighted by Gasteiger charge is -2.18. The van der Waals surface area contributed by atoms with E-state index in [1.54, 1.807) is 0 Å². The van der Waals surface area contributed by atoms with Gasteiger partial charge in [-0.15, -0.1) is 0 Å². The van der Waals surface area contributed by atoms with Gasteiger partial charge in [-0.05, 0) is 96.3 Å². The molecule has 1 atom stereocenters. The molecule has 80 heavy (non-hydrogen) atoms. The average molecular weight is 1110 g/mol. The lowest BCUT2D eigenvalue weighted by molar-refractivity contribution is -0.167. The Labute approximate surface area is 496 Å². The molecule has 0 fully saturated rings. The third kappa shape index (κ3) is 65.1. The lowest BCUT2D eigenvalue weighted by Crippen LogP contribution is -2.30. The molecule has 6 heteroatoms. The Balaban J connectivity index is 4.31. The Bertz CT molecular complexity index is 1560. The van der Waals surface area contributed by atoms with Crippen molar-refractivity contribution in [3.8, 4) is 0 Å². The second-order valence-electron chi connectivity index (χ2n) is 22.7. The molecule has 0 amide bonds. The molecule has 0 saturated carbocycles. The van der Waals surface area contributed by atoms with Gasteiger partial charge in [-0.1, -0.05) is 317 Å². The molecule has 0 saturated heterocycles. The van der Waals surface area contributed by atoms with Crippen molar-refractivity contribution >= 4 is 17.9 Å². The second-order valence-corrected chi connectivity index (χ2v) is 22.7. The van der Waals surface area contributed by atoms with Crippen LogP contribution in [0.4, 0.5) is 0 Å². The Morgan fingerprint density at radius 3 is 0.787 bits per heavy atom. The quantitative estimate of drug-likeness (QED) is 0.0261. The summed E-state index contributed by atoms with van der Waals surface area (Å²) in [6.07, 6.45) is 91.5. The van der Waals surface area contributed by atoms with Crippen LogP contribution in [0.15, 0.2) is 97.2 Å². The highest BCUT2D eigenvalue weighted by molar-refractivity contribution is 5.71. The third-order valence-corrected chi connectivity index (χ3v) is 14.8. The average Bonchev–Trinajstić information content (AvgIpc) is 3.46. The predicted molar refractivity (Wildman–Crippen MR) is 348 cm³/mol. The van der Waals surface area contributed by atoms with E-state index in [9.17, 15) is 14.4 Å². The molecule has 6 nitrogen and oxygen atoms in total. The minimum absolute atomic E-state index is 0.0877. The van der Waals surface area contributed by atoms with E-state index >= 15 is 0 Å². The minimum Gasteiger partial charge on any atom is -0.462 e. The summed E-state index contributed by atoms with van der Waals surface area (Å²) in [6, 6.07) is 0. The Morgan fingerprint density at radius 2 is 0.487 bits per heavy atom. The lowest BCUT2D eigenvalue weighted by atomic mass is 10.0. The molecular weight excluding hydrogens is 985 g/mol. The zero-order valence-electron chi connectivity index (χ0n) is 52.8. The van der Waals surface area contributed by atoms with Crippen molar-refractivity contribution in [3.63, 3.8) is 0 Å². The molecule has 460 valence electrons. The molecule has 0 spiro atoms.